The summed E-state index contributed by atoms with van der Waals surface area (Å²) < 4.78 is 0. The van der Waals surface area contributed by atoms with Crippen LogP contribution in [0.3, 0.4) is 0 Å². The second-order valence-electron chi connectivity index (χ2n) is 2.70. The van der Waals surface area contributed by atoms with Gasteiger partial charge in [-0.1, -0.05) is 12.1 Å². The summed E-state index contributed by atoms with van der Waals surface area (Å²) >= 11 is 0. The summed E-state index contributed by atoms with van der Waals surface area (Å²) in [5, 5.41) is 8.37. The summed E-state index contributed by atoms with van der Waals surface area (Å²) in [4.78, 5) is 14.4. The van der Waals surface area contributed by atoms with Crippen LogP contribution in [-0.2, 0) is 4.79 Å². The lowest BCUT2D eigenvalue weighted by Crippen LogP contribution is -1.90. The van der Waals surface area contributed by atoms with Crippen molar-refractivity contribution in [3.05, 3.63) is 35.7 Å². The van der Waals surface area contributed by atoms with E-state index in [2.05, 4.69) is 4.98 Å². The Hall–Kier alpha value is -1.64. The van der Waals surface area contributed by atoms with Crippen LogP contribution >= 0.6 is 0 Å². The van der Waals surface area contributed by atoms with Crippen molar-refractivity contribution in [2.45, 2.75) is 13.3 Å². The quantitative estimate of drug-likeness (QED) is 0.766. The van der Waals surface area contributed by atoms with Gasteiger partial charge in [0.05, 0.1) is 12.1 Å². The van der Waals surface area contributed by atoms with E-state index in [-0.39, 0.29) is 6.42 Å². The Bertz CT molecular complexity index is 331. The minimum atomic E-state index is -0.830. The topological polar surface area (TPSA) is 50.2 Å². The molecule has 0 aliphatic heterocycles. The van der Waals surface area contributed by atoms with Crippen LogP contribution in [0.15, 0.2) is 24.3 Å². The van der Waals surface area contributed by atoms with Crippen LogP contribution in [0.1, 0.15) is 17.8 Å². The molecule has 1 heterocycles. The van der Waals surface area contributed by atoms with Crippen LogP contribution in [0, 0.1) is 6.92 Å². The Balaban J connectivity index is 2.63. The highest BCUT2D eigenvalue weighted by Gasteiger charge is 1.91. The second-order valence-corrected chi connectivity index (χ2v) is 2.70. The summed E-state index contributed by atoms with van der Waals surface area (Å²) in [6.07, 6.45) is 3.33. The fourth-order valence-electron chi connectivity index (χ4n) is 0.937. The molecule has 13 heavy (non-hydrogen) atoms. The molecule has 0 atom stereocenters. The lowest BCUT2D eigenvalue weighted by atomic mass is 10.3. The first-order valence-corrected chi connectivity index (χ1v) is 4.00. The fourth-order valence-corrected chi connectivity index (χ4v) is 0.937. The van der Waals surface area contributed by atoms with Gasteiger partial charge in [0.25, 0.3) is 0 Å². The maximum absolute atomic E-state index is 10.2. The smallest absolute Gasteiger partial charge is 0.307 e. The minimum absolute atomic E-state index is 0.0373. The highest BCUT2D eigenvalue weighted by molar-refractivity contribution is 5.70. The first-order chi connectivity index (χ1) is 6.18. The number of hydrogen-bond donors (Lipinski definition) is 1. The van der Waals surface area contributed by atoms with Crippen LogP contribution in [0.2, 0.25) is 0 Å². The summed E-state index contributed by atoms with van der Waals surface area (Å²) in [5.41, 5.74) is 1.72. The van der Waals surface area contributed by atoms with E-state index in [4.69, 9.17) is 5.11 Å². The van der Waals surface area contributed by atoms with E-state index in [1.165, 1.54) is 0 Å². The first kappa shape index (κ1) is 9.45. The standard InChI is InChI=1S/C10H11NO2/c1-8-4-2-5-9(11-8)6-3-7-10(12)13/h2-6H,7H2,1H3,(H,12,13). The van der Waals surface area contributed by atoms with E-state index in [1.54, 1.807) is 12.2 Å². The van der Waals surface area contributed by atoms with Gasteiger partial charge in [0, 0.05) is 5.69 Å². The number of rotatable bonds is 3. The summed E-state index contributed by atoms with van der Waals surface area (Å²) in [6.45, 7) is 1.90. The number of aliphatic carboxylic acids is 1. The molecule has 0 aliphatic rings. The highest BCUT2D eigenvalue weighted by atomic mass is 16.4. The third kappa shape index (κ3) is 3.51. The van der Waals surface area contributed by atoms with Gasteiger partial charge in [-0.25, -0.2) is 0 Å². The lowest BCUT2D eigenvalue weighted by molar-refractivity contribution is -0.135. The zero-order valence-electron chi connectivity index (χ0n) is 7.40. The molecule has 0 aliphatic carbocycles. The molecule has 1 rings (SSSR count). The van der Waals surface area contributed by atoms with Crippen molar-refractivity contribution in [3.63, 3.8) is 0 Å². The molecule has 0 bridgehead atoms. The van der Waals surface area contributed by atoms with Gasteiger partial charge in [0.1, 0.15) is 0 Å². The van der Waals surface area contributed by atoms with Gasteiger partial charge in [-0.3, -0.25) is 9.78 Å². The third-order valence-electron chi connectivity index (χ3n) is 1.49. The minimum Gasteiger partial charge on any atom is -0.481 e. The number of aryl methyl sites for hydroxylation is 1. The van der Waals surface area contributed by atoms with Crippen LogP contribution in [0.5, 0.6) is 0 Å². The number of nitrogens with zero attached hydrogens (tertiary/aromatic N) is 1. The molecule has 1 N–H and O–H groups in total. The third-order valence-corrected chi connectivity index (χ3v) is 1.49. The van der Waals surface area contributed by atoms with Gasteiger partial charge >= 0.3 is 5.97 Å². The fraction of sp³-hybridized carbons (Fsp3) is 0.200. The van der Waals surface area contributed by atoms with E-state index in [0.29, 0.717) is 0 Å². The van der Waals surface area contributed by atoms with Gasteiger partial charge in [-0.2, -0.15) is 0 Å². The van der Waals surface area contributed by atoms with Crippen molar-refractivity contribution in [2.24, 2.45) is 0 Å². The molecule has 1 aromatic heterocycles. The summed E-state index contributed by atoms with van der Waals surface area (Å²) in [6, 6.07) is 5.63. The van der Waals surface area contributed by atoms with Gasteiger partial charge < -0.3 is 5.11 Å². The molecule has 0 amide bonds. The van der Waals surface area contributed by atoms with Crippen LogP contribution < -0.4 is 0 Å². The van der Waals surface area contributed by atoms with Crippen molar-refractivity contribution >= 4 is 12.0 Å². The van der Waals surface area contributed by atoms with Gasteiger partial charge in [0.15, 0.2) is 0 Å². The molecule has 3 heteroatoms. The number of pyridine rings is 1. The molecule has 0 unspecified atom stereocenters. The molecule has 1 aromatic rings. The average molecular weight is 177 g/mol. The van der Waals surface area contributed by atoms with Crippen molar-refractivity contribution in [2.75, 3.05) is 0 Å². The largest absolute Gasteiger partial charge is 0.481 e. The lowest BCUT2D eigenvalue weighted by Gasteiger charge is -1.93. The Labute approximate surface area is 76.7 Å². The molecular formula is C10H11NO2. The highest BCUT2D eigenvalue weighted by Crippen LogP contribution is 2.00. The normalized spacial score (nSPS) is 10.5. The molecule has 0 saturated carbocycles. The molecule has 0 spiro atoms. The van der Waals surface area contributed by atoms with Crippen LogP contribution in [-0.4, -0.2) is 16.1 Å². The number of aromatic nitrogens is 1. The van der Waals surface area contributed by atoms with Crippen molar-refractivity contribution in [1.29, 1.82) is 0 Å². The predicted octanol–water partition coefficient (Wildman–Crippen LogP) is 1.88. The summed E-state index contributed by atoms with van der Waals surface area (Å²) in [5.74, 6) is -0.830. The Morgan fingerprint density at radius 2 is 2.38 bits per heavy atom. The second kappa shape index (κ2) is 4.40. The first-order valence-electron chi connectivity index (χ1n) is 4.00. The molecule has 0 fully saturated rings. The molecule has 3 nitrogen and oxygen atoms in total. The number of carbonyl (C=O) groups is 1. The Morgan fingerprint density at radius 1 is 1.62 bits per heavy atom. The number of hydrogen-bond acceptors (Lipinski definition) is 2. The van der Waals surface area contributed by atoms with Crippen molar-refractivity contribution in [3.8, 4) is 0 Å². The molecule has 68 valence electrons. The maximum atomic E-state index is 10.2. The van der Waals surface area contributed by atoms with Crippen LogP contribution in [0.25, 0.3) is 6.08 Å². The van der Waals surface area contributed by atoms with E-state index in [9.17, 15) is 4.79 Å². The van der Waals surface area contributed by atoms with Crippen LogP contribution in [0.4, 0.5) is 0 Å². The van der Waals surface area contributed by atoms with Gasteiger partial charge in [0.2, 0.25) is 0 Å². The van der Waals surface area contributed by atoms with E-state index in [0.717, 1.165) is 11.4 Å². The summed E-state index contributed by atoms with van der Waals surface area (Å²) in [7, 11) is 0. The SMILES string of the molecule is Cc1cccc(C=CCC(=O)O)n1. The van der Waals surface area contributed by atoms with Crippen molar-refractivity contribution < 1.29 is 9.90 Å². The van der Waals surface area contributed by atoms with Crippen molar-refractivity contribution in [1.82, 2.24) is 4.98 Å². The number of carboxylic acids is 1. The maximum Gasteiger partial charge on any atom is 0.307 e. The van der Waals surface area contributed by atoms with E-state index < -0.39 is 5.97 Å². The number of carboxylic acid groups (broad SMARTS) is 1. The van der Waals surface area contributed by atoms with Gasteiger partial charge in [-0.15, -0.1) is 0 Å². The monoisotopic (exact) mass is 177 g/mol. The predicted molar refractivity (Wildman–Crippen MR) is 50.3 cm³/mol. The Kier molecular flexibility index (Phi) is 3.20. The van der Waals surface area contributed by atoms with Gasteiger partial charge in [-0.05, 0) is 25.1 Å². The zero-order chi connectivity index (χ0) is 9.68. The molecule has 0 radical (unpaired) electrons. The molecule has 0 saturated heterocycles. The molecular weight excluding hydrogens is 166 g/mol. The zero-order valence-corrected chi connectivity index (χ0v) is 7.40. The molecule has 0 aromatic carbocycles. The van der Waals surface area contributed by atoms with E-state index >= 15 is 0 Å². The average Bonchev–Trinajstić information content (AvgIpc) is 2.03. The van der Waals surface area contributed by atoms with E-state index in [1.807, 2.05) is 25.1 Å². The Morgan fingerprint density at radius 3 is 3.00 bits per heavy atom.